The molecule has 2 aromatic rings. The van der Waals surface area contributed by atoms with Crippen molar-refractivity contribution in [2.24, 2.45) is 0 Å². The van der Waals surface area contributed by atoms with Crippen LogP contribution in [0.25, 0.3) is 11.3 Å². The van der Waals surface area contributed by atoms with E-state index in [1.807, 2.05) is 0 Å². The molecule has 0 radical (unpaired) electrons. The summed E-state index contributed by atoms with van der Waals surface area (Å²) in [5.41, 5.74) is 1.55. The van der Waals surface area contributed by atoms with E-state index in [0.29, 0.717) is 9.73 Å². The van der Waals surface area contributed by atoms with Gasteiger partial charge in [0.1, 0.15) is 6.26 Å². The molecule has 2 rings (SSSR count). The lowest BCUT2D eigenvalue weighted by atomic mass is 10.2. The first kappa shape index (κ1) is 11.1. The summed E-state index contributed by atoms with van der Waals surface area (Å²) in [6.07, 6.45) is 2.67. The second kappa shape index (κ2) is 3.88. The number of sulfone groups is 1. The van der Waals surface area contributed by atoms with Crippen molar-refractivity contribution in [3.05, 3.63) is 35.4 Å². The van der Waals surface area contributed by atoms with Crippen LogP contribution in [0.5, 0.6) is 0 Å². The van der Waals surface area contributed by atoms with E-state index in [9.17, 15) is 8.42 Å². The first-order valence-corrected chi connectivity index (χ1v) is 6.75. The summed E-state index contributed by atoms with van der Waals surface area (Å²) >= 11 is 4.80. The van der Waals surface area contributed by atoms with Gasteiger partial charge in [0.15, 0.2) is 9.84 Å². The Morgan fingerprint density at radius 2 is 1.88 bits per heavy atom. The summed E-state index contributed by atoms with van der Waals surface area (Å²) in [5, 5.41) is 0. The smallest absolute Gasteiger partial charge is 0.266 e. The number of aromatic amines is 1. The minimum Gasteiger partial charge on any atom is -0.437 e. The van der Waals surface area contributed by atoms with Gasteiger partial charge in [0.2, 0.25) is 0 Å². The Kier molecular flexibility index (Phi) is 2.69. The number of H-pyrrole nitrogens is 1. The van der Waals surface area contributed by atoms with Crippen molar-refractivity contribution >= 4 is 22.1 Å². The van der Waals surface area contributed by atoms with Crippen LogP contribution in [0.2, 0.25) is 0 Å². The monoisotopic (exact) mass is 255 g/mol. The van der Waals surface area contributed by atoms with E-state index in [0.717, 1.165) is 11.3 Å². The molecule has 0 atom stereocenters. The molecule has 0 fully saturated rings. The lowest BCUT2D eigenvalue weighted by molar-refractivity contribution is 0.541. The molecule has 0 amide bonds. The predicted octanol–water partition coefficient (Wildman–Crippen LogP) is 2.41. The molecule has 6 heteroatoms. The van der Waals surface area contributed by atoms with E-state index in [1.165, 1.54) is 12.5 Å². The summed E-state index contributed by atoms with van der Waals surface area (Å²) in [4.78, 5) is 3.43. The van der Waals surface area contributed by atoms with Crippen molar-refractivity contribution in [3.8, 4) is 11.3 Å². The summed E-state index contributed by atoms with van der Waals surface area (Å²) in [6, 6.07) is 6.50. The Balaban J connectivity index is 2.44. The van der Waals surface area contributed by atoms with Gasteiger partial charge in [0.25, 0.3) is 4.84 Å². The average molecular weight is 255 g/mol. The van der Waals surface area contributed by atoms with Gasteiger partial charge in [-0.05, 0) is 24.4 Å². The van der Waals surface area contributed by atoms with E-state index in [-0.39, 0.29) is 0 Å². The minimum absolute atomic E-state index is 0.290. The van der Waals surface area contributed by atoms with Gasteiger partial charge in [0.05, 0.1) is 10.6 Å². The zero-order chi connectivity index (χ0) is 11.8. The Bertz CT molecular complexity index is 650. The largest absolute Gasteiger partial charge is 0.437 e. The summed E-state index contributed by atoms with van der Waals surface area (Å²) in [7, 11) is -3.15. The first-order valence-electron chi connectivity index (χ1n) is 4.45. The summed E-state index contributed by atoms with van der Waals surface area (Å²) in [5.74, 6) is 0. The van der Waals surface area contributed by atoms with E-state index < -0.39 is 9.84 Å². The molecule has 0 unspecified atom stereocenters. The molecule has 1 aromatic carbocycles. The van der Waals surface area contributed by atoms with Crippen LogP contribution in [0, 0.1) is 4.84 Å². The Morgan fingerprint density at radius 3 is 2.31 bits per heavy atom. The van der Waals surface area contributed by atoms with Crippen molar-refractivity contribution in [1.29, 1.82) is 0 Å². The van der Waals surface area contributed by atoms with Gasteiger partial charge in [-0.15, -0.1) is 0 Å². The fourth-order valence-corrected chi connectivity index (χ4v) is 2.09. The van der Waals surface area contributed by atoms with E-state index >= 15 is 0 Å². The number of oxazole rings is 1. The highest BCUT2D eigenvalue weighted by Crippen LogP contribution is 2.19. The fraction of sp³-hybridized carbons (Fsp3) is 0.100. The average Bonchev–Trinajstić information content (AvgIpc) is 2.64. The molecular weight excluding hydrogens is 246 g/mol. The van der Waals surface area contributed by atoms with Gasteiger partial charge in [-0.3, -0.25) is 0 Å². The molecule has 1 aromatic heterocycles. The molecule has 0 aliphatic rings. The second-order valence-corrected chi connectivity index (χ2v) is 5.74. The molecule has 16 heavy (non-hydrogen) atoms. The molecule has 0 aliphatic carbocycles. The van der Waals surface area contributed by atoms with Gasteiger partial charge in [-0.2, -0.15) is 0 Å². The SMILES string of the molecule is CS(=O)(=O)c1ccc(-c2coc(=S)[nH]2)cc1. The Hall–Kier alpha value is -1.40. The Labute approximate surface area is 97.9 Å². The first-order chi connectivity index (χ1) is 7.47. The maximum atomic E-state index is 11.2. The number of aromatic nitrogens is 1. The second-order valence-electron chi connectivity index (χ2n) is 3.36. The van der Waals surface area contributed by atoms with Gasteiger partial charge < -0.3 is 9.40 Å². The Morgan fingerprint density at radius 1 is 1.25 bits per heavy atom. The van der Waals surface area contributed by atoms with Crippen LogP contribution in [0.4, 0.5) is 0 Å². The maximum Gasteiger partial charge on any atom is 0.266 e. The van der Waals surface area contributed by atoms with Crippen LogP contribution in [0.15, 0.2) is 39.8 Å². The highest BCUT2D eigenvalue weighted by Gasteiger charge is 2.07. The normalized spacial score (nSPS) is 11.6. The molecule has 0 saturated heterocycles. The zero-order valence-electron chi connectivity index (χ0n) is 8.43. The molecule has 1 heterocycles. The van der Waals surface area contributed by atoms with Crippen molar-refractivity contribution in [2.75, 3.05) is 6.26 Å². The molecule has 0 bridgehead atoms. The van der Waals surface area contributed by atoms with Gasteiger partial charge >= 0.3 is 0 Å². The number of nitrogens with one attached hydrogen (secondary N) is 1. The van der Waals surface area contributed by atoms with Crippen molar-refractivity contribution in [3.63, 3.8) is 0 Å². The predicted molar refractivity (Wildman–Crippen MR) is 62.4 cm³/mol. The number of benzene rings is 1. The van der Waals surface area contributed by atoms with Gasteiger partial charge in [0, 0.05) is 11.8 Å². The lowest BCUT2D eigenvalue weighted by Gasteiger charge is -1.99. The van der Waals surface area contributed by atoms with Gasteiger partial charge in [-0.25, -0.2) is 8.42 Å². The van der Waals surface area contributed by atoms with E-state index in [1.54, 1.807) is 24.3 Å². The fourth-order valence-electron chi connectivity index (χ4n) is 1.30. The third-order valence-corrected chi connectivity index (χ3v) is 3.44. The third-order valence-electron chi connectivity index (χ3n) is 2.11. The number of hydrogen-bond donors (Lipinski definition) is 1. The molecule has 0 saturated carbocycles. The van der Waals surface area contributed by atoms with E-state index in [4.69, 9.17) is 16.6 Å². The molecule has 0 spiro atoms. The molecular formula is C10H9NO3S2. The van der Waals surface area contributed by atoms with Crippen LogP contribution < -0.4 is 0 Å². The topological polar surface area (TPSA) is 63.1 Å². The van der Waals surface area contributed by atoms with Crippen molar-refractivity contribution < 1.29 is 12.8 Å². The van der Waals surface area contributed by atoms with Crippen LogP contribution in [0.3, 0.4) is 0 Å². The van der Waals surface area contributed by atoms with Crippen LogP contribution in [-0.2, 0) is 9.84 Å². The highest BCUT2D eigenvalue weighted by atomic mass is 32.2. The van der Waals surface area contributed by atoms with Crippen molar-refractivity contribution in [1.82, 2.24) is 4.98 Å². The third kappa shape index (κ3) is 2.23. The standard InChI is InChI=1S/C10H9NO3S2/c1-16(12,13)8-4-2-7(3-5-8)9-6-14-10(15)11-9/h2-6H,1H3,(H,11,15). The lowest BCUT2D eigenvalue weighted by Crippen LogP contribution is -1.96. The van der Waals surface area contributed by atoms with Crippen LogP contribution in [-0.4, -0.2) is 19.7 Å². The zero-order valence-corrected chi connectivity index (χ0v) is 10.1. The van der Waals surface area contributed by atoms with Gasteiger partial charge in [-0.1, -0.05) is 12.1 Å². The molecule has 0 aliphatic heterocycles. The van der Waals surface area contributed by atoms with Crippen LogP contribution >= 0.6 is 12.2 Å². The molecule has 84 valence electrons. The minimum atomic E-state index is -3.15. The van der Waals surface area contributed by atoms with E-state index in [2.05, 4.69) is 4.98 Å². The highest BCUT2D eigenvalue weighted by molar-refractivity contribution is 7.90. The van der Waals surface area contributed by atoms with Crippen LogP contribution in [0.1, 0.15) is 0 Å². The number of rotatable bonds is 2. The quantitative estimate of drug-likeness (QED) is 0.837. The molecule has 4 nitrogen and oxygen atoms in total. The van der Waals surface area contributed by atoms with Crippen molar-refractivity contribution in [2.45, 2.75) is 4.90 Å². The number of hydrogen-bond acceptors (Lipinski definition) is 4. The molecule has 1 N–H and O–H groups in total. The summed E-state index contributed by atoms with van der Waals surface area (Å²) in [6.45, 7) is 0. The maximum absolute atomic E-state index is 11.2. The summed E-state index contributed by atoms with van der Waals surface area (Å²) < 4.78 is 27.4.